The molecular formula is C11H13Cl2NO2. The molecule has 0 spiro atoms. The molecule has 1 aromatic carbocycles. The van der Waals surface area contributed by atoms with Crippen LogP contribution in [0.4, 0.5) is 0 Å². The molecule has 1 N–H and O–H groups in total. The SMILES string of the molecule is CN(Cc1cccc(Cl)c1)CC(Cl)C(=O)O. The summed E-state index contributed by atoms with van der Waals surface area (Å²) in [5.74, 6) is -1.00. The highest BCUT2D eigenvalue weighted by atomic mass is 35.5. The number of halogens is 2. The van der Waals surface area contributed by atoms with E-state index in [0.717, 1.165) is 5.56 Å². The Kier molecular flexibility index (Phi) is 5.06. The third kappa shape index (κ3) is 4.39. The molecule has 0 aliphatic heterocycles. The average molecular weight is 262 g/mol. The molecule has 0 aliphatic rings. The zero-order valence-electron chi connectivity index (χ0n) is 8.86. The lowest BCUT2D eigenvalue weighted by atomic mass is 10.2. The molecule has 16 heavy (non-hydrogen) atoms. The standard InChI is InChI=1S/C11H13Cl2NO2/c1-14(7-10(13)11(15)16)6-8-3-2-4-9(12)5-8/h2-5,10H,6-7H2,1H3,(H,15,16). The van der Waals surface area contributed by atoms with Crippen molar-refractivity contribution < 1.29 is 9.90 Å². The van der Waals surface area contributed by atoms with Crippen molar-refractivity contribution in [2.45, 2.75) is 11.9 Å². The maximum Gasteiger partial charge on any atom is 0.322 e. The van der Waals surface area contributed by atoms with Gasteiger partial charge in [0.25, 0.3) is 0 Å². The van der Waals surface area contributed by atoms with Gasteiger partial charge in [0.2, 0.25) is 0 Å². The molecule has 1 aromatic rings. The number of rotatable bonds is 5. The lowest BCUT2D eigenvalue weighted by molar-refractivity contribution is -0.136. The van der Waals surface area contributed by atoms with Crippen LogP contribution in [0.25, 0.3) is 0 Å². The number of carboxylic acids is 1. The number of nitrogens with zero attached hydrogens (tertiary/aromatic N) is 1. The minimum Gasteiger partial charge on any atom is -0.480 e. The Hall–Kier alpha value is -0.770. The van der Waals surface area contributed by atoms with E-state index in [1.165, 1.54) is 0 Å². The molecule has 0 aromatic heterocycles. The Labute approximate surface area is 105 Å². The number of aliphatic carboxylic acids is 1. The predicted octanol–water partition coefficient (Wildman–Crippen LogP) is 2.46. The molecule has 1 atom stereocenters. The second-order valence-corrected chi connectivity index (χ2v) is 4.60. The van der Waals surface area contributed by atoms with E-state index in [1.54, 1.807) is 6.07 Å². The summed E-state index contributed by atoms with van der Waals surface area (Å²) in [6, 6.07) is 7.45. The summed E-state index contributed by atoms with van der Waals surface area (Å²) < 4.78 is 0. The van der Waals surface area contributed by atoms with Crippen LogP contribution in [0, 0.1) is 0 Å². The fourth-order valence-corrected chi connectivity index (χ4v) is 1.81. The third-order valence-electron chi connectivity index (χ3n) is 2.08. The quantitative estimate of drug-likeness (QED) is 0.828. The van der Waals surface area contributed by atoms with E-state index in [0.29, 0.717) is 18.1 Å². The largest absolute Gasteiger partial charge is 0.480 e. The third-order valence-corrected chi connectivity index (χ3v) is 2.64. The second kappa shape index (κ2) is 6.09. The van der Waals surface area contributed by atoms with E-state index in [-0.39, 0.29) is 0 Å². The molecule has 0 saturated heterocycles. The van der Waals surface area contributed by atoms with Gasteiger partial charge in [0, 0.05) is 18.1 Å². The van der Waals surface area contributed by atoms with Crippen molar-refractivity contribution in [3.8, 4) is 0 Å². The van der Waals surface area contributed by atoms with E-state index in [2.05, 4.69) is 0 Å². The highest BCUT2D eigenvalue weighted by Crippen LogP contribution is 2.12. The Morgan fingerprint density at radius 1 is 1.56 bits per heavy atom. The number of benzene rings is 1. The van der Waals surface area contributed by atoms with Crippen molar-refractivity contribution in [2.24, 2.45) is 0 Å². The molecule has 88 valence electrons. The minimum atomic E-state index is -1.00. The van der Waals surface area contributed by atoms with Crippen molar-refractivity contribution in [3.05, 3.63) is 34.9 Å². The first-order valence-corrected chi connectivity index (χ1v) is 5.60. The van der Waals surface area contributed by atoms with Gasteiger partial charge in [0.05, 0.1) is 0 Å². The van der Waals surface area contributed by atoms with Gasteiger partial charge < -0.3 is 10.0 Å². The van der Waals surface area contributed by atoms with Crippen LogP contribution >= 0.6 is 23.2 Å². The van der Waals surface area contributed by atoms with Crippen LogP contribution in [-0.4, -0.2) is 34.9 Å². The monoisotopic (exact) mass is 261 g/mol. The summed E-state index contributed by atoms with van der Waals surface area (Å²) in [5, 5.41) is 8.45. The molecular weight excluding hydrogens is 249 g/mol. The first kappa shape index (κ1) is 13.3. The van der Waals surface area contributed by atoms with Crippen LogP contribution in [0.2, 0.25) is 5.02 Å². The molecule has 0 aliphatic carbocycles. The normalized spacial score (nSPS) is 12.8. The van der Waals surface area contributed by atoms with Crippen molar-refractivity contribution in [2.75, 3.05) is 13.6 Å². The maximum absolute atomic E-state index is 10.6. The summed E-state index contributed by atoms with van der Waals surface area (Å²) in [6.45, 7) is 0.917. The molecule has 3 nitrogen and oxygen atoms in total. The van der Waals surface area contributed by atoms with Crippen LogP contribution in [-0.2, 0) is 11.3 Å². The Balaban J connectivity index is 2.51. The molecule has 0 bridgehead atoms. The van der Waals surface area contributed by atoms with Gasteiger partial charge in [-0.15, -0.1) is 11.6 Å². The number of hydrogen-bond acceptors (Lipinski definition) is 2. The first-order valence-electron chi connectivity index (χ1n) is 4.79. The Bertz CT molecular complexity index is 371. The average Bonchev–Trinajstić information content (AvgIpc) is 2.16. The fraction of sp³-hybridized carbons (Fsp3) is 0.364. The minimum absolute atomic E-state index is 0.295. The molecule has 0 amide bonds. The van der Waals surface area contributed by atoms with Crippen LogP contribution in [0.1, 0.15) is 5.56 Å². The maximum atomic E-state index is 10.6. The number of alkyl halides is 1. The van der Waals surface area contributed by atoms with Gasteiger partial charge in [-0.25, -0.2) is 0 Å². The molecule has 0 heterocycles. The first-order chi connectivity index (χ1) is 7.49. The molecule has 0 saturated carbocycles. The topological polar surface area (TPSA) is 40.5 Å². The van der Waals surface area contributed by atoms with Gasteiger partial charge in [-0.05, 0) is 24.7 Å². The predicted molar refractivity (Wildman–Crippen MR) is 65.1 cm³/mol. The molecule has 0 radical (unpaired) electrons. The smallest absolute Gasteiger partial charge is 0.322 e. The van der Waals surface area contributed by atoms with E-state index in [4.69, 9.17) is 28.3 Å². The molecule has 5 heteroatoms. The summed E-state index contributed by atoms with van der Waals surface area (Å²) >= 11 is 11.5. The van der Waals surface area contributed by atoms with Gasteiger partial charge in [-0.3, -0.25) is 4.79 Å². The van der Waals surface area contributed by atoms with Gasteiger partial charge in [-0.1, -0.05) is 23.7 Å². The van der Waals surface area contributed by atoms with E-state index in [9.17, 15) is 4.79 Å². The highest BCUT2D eigenvalue weighted by molar-refractivity contribution is 6.30. The van der Waals surface area contributed by atoms with Gasteiger partial charge in [-0.2, -0.15) is 0 Å². The summed E-state index contributed by atoms with van der Waals surface area (Å²) in [7, 11) is 1.82. The molecule has 1 rings (SSSR count). The van der Waals surface area contributed by atoms with E-state index < -0.39 is 11.3 Å². The number of carboxylic acid groups (broad SMARTS) is 1. The zero-order valence-corrected chi connectivity index (χ0v) is 10.4. The van der Waals surface area contributed by atoms with Gasteiger partial charge in [0.1, 0.15) is 5.38 Å². The number of hydrogen-bond donors (Lipinski definition) is 1. The summed E-state index contributed by atoms with van der Waals surface area (Å²) in [4.78, 5) is 12.4. The lowest BCUT2D eigenvalue weighted by Gasteiger charge is -2.18. The van der Waals surface area contributed by atoms with Crippen molar-refractivity contribution in [1.29, 1.82) is 0 Å². The van der Waals surface area contributed by atoms with Gasteiger partial charge >= 0.3 is 5.97 Å². The van der Waals surface area contributed by atoms with E-state index in [1.807, 2.05) is 30.1 Å². The van der Waals surface area contributed by atoms with Crippen LogP contribution in [0.15, 0.2) is 24.3 Å². The highest BCUT2D eigenvalue weighted by Gasteiger charge is 2.15. The van der Waals surface area contributed by atoms with Crippen LogP contribution in [0.5, 0.6) is 0 Å². The fourth-order valence-electron chi connectivity index (χ4n) is 1.36. The zero-order chi connectivity index (χ0) is 12.1. The summed E-state index contributed by atoms with van der Waals surface area (Å²) in [6.07, 6.45) is 0. The van der Waals surface area contributed by atoms with Crippen molar-refractivity contribution in [3.63, 3.8) is 0 Å². The molecule has 0 fully saturated rings. The summed E-state index contributed by atoms with van der Waals surface area (Å²) in [5.41, 5.74) is 1.03. The van der Waals surface area contributed by atoms with E-state index >= 15 is 0 Å². The lowest BCUT2D eigenvalue weighted by Crippen LogP contribution is -2.30. The Morgan fingerprint density at radius 2 is 2.25 bits per heavy atom. The van der Waals surface area contributed by atoms with Crippen LogP contribution < -0.4 is 0 Å². The number of carbonyl (C=O) groups is 1. The molecule has 1 unspecified atom stereocenters. The van der Waals surface area contributed by atoms with Gasteiger partial charge in [0.15, 0.2) is 0 Å². The van der Waals surface area contributed by atoms with Crippen molar-refractivity contribution in [1.82, 2.24) is 4.90 Å². The Morgan fingerprint density at radius 3 is 2.81 bits per heavy atom. The van der Waals surface area contributed by atoms with Crippen molar-refractivity contribution >= 4 is 29.2 Å². The van der Waals surface area contributed by atoms with Crippen LogP contribution in [0.3, 0.4) is 0 Å². The second-order valence-electron chi connectivity index (χ2n) is 3.63.